The summed E-state index contributed by atoms with van der Waals surface area (Å²) in [6.07, 6.45) is 7.17. The SMILES string of the molecule is CCOC(=O)CC1C=CC=CO1. The molecule has 0 radical (unpaired) electrons. The first kappa shape index (κ1) is 8.84. The van der Waals surface area contributed by atoms with Gasteiger partial charge in [-0.3, -0.25) is 4.79 Å². The number of carbonyl (C=O) groups is 1. The van der Waals surface area contributed by atoms with Gasteiger partial charge in [-0.15, -0.1) is 0 Å². The zero-order valence-corrected chi connectivity index (χ0v) is 7.03. The molecule has 1 aliphatic rings. The lowest BCUT2D eigenvalue weighted by molar-refractivity contribution is -0.144. The standard InChI is InChI=1S/C9H12O3/c1-2-11-9(10)7-8-5-3-4-6-12-8/h3-6,8H,2,7H2,1H3. The molecule has 66 valence electrons. The lowest BCUT2D eigenvalue weighted by Gasteiger charge is -2.13. The first-order valence-corrected chi connectivity index (χ1v) is 3.97. The molecule has 1 unspecified atom stereocenters. The van der Waals surface area contributed by atoms with Crippen LogP contribution < -0.4 is 0 Å². The summed E-state index contributed by atoms with van der Waals surface area (Å²) in [6.45, 7) is 2.21. The van der Waals surface area contributed by atoms with E-state index in [2.05, 4.69) is 0 Å². The molecule has 0 aromatic carbocycles. The van der Waals surface area contributed by atoms with Gasteiger partial charge in [0.15, 0.2) is 0 Å². The lowest BCUT2D eigenvalue weighted by Crippen LogP contribution is -2.16. The quantitative estimate of drug-likeness (QED) is 0.598. The molecule has 0 bridgehead atoms. The van der Waals surface area contributed by atoms with E-state index in [-0.39, 0.29) is 18.5 Å². The maximum atomic E-state index is 11.0. The van der Waals surface area contributed by atoms with Gasteiger partial charge < -0.3 is 9.47 Å². The average molecular weight is 168 g/mol. The minimum Gasteiger partial charge on any atom is -0.493 e. The third kappa shape index (κ3) is 2.78. The molecule has 1 atom stereocenters. The molecule has 0 spiro atoms. The van der Waals surface area contributed by atoms with Crippen molar-refractivity contribution < 1.29 is 14.3 Å². The van der Waals surface area contributed by atoms with E-state index in [1.165, 1.54) is 0 Å². The molecule has 0 fully saturated rings. The van der Waals surface area contributed by atoms with Crippen LogP contribution in [0, 0.1) is 0 Å². The van der Waals surface area contributed by atoms with Gasteiger partial charge in [0, 0.05) is 0 Å². The minimum absolute atomic E-state index is 0.158. The number of hydrogen-bond acceptors (Lipinski definition) is 3. The van der Waals surface area contributed by atoms with E-state index < -0.39 is 0 Å². The second-order valence-electron chi connectivity index (χ2n) is 2.40. The Bertz CT molecular complexity index is 206. The first-order chi connectivity index (χ1) is 5.83. The zero-order valence-electron chi connectivity index (χ0n) is 7.03. The highest BCUT2D eigenvalue weighted by Crippen LogP contribution is 2.07. The number of rotatable bonds is 3. The monoisotopic (exact) mass is 168 g/mol. The van der Waals surface area contributed by atoms with E-state index in [0.717, 1.165) is 0 Å². The molecule has 1 rings (SSSR count). The molecule has 3 nitrogen and oxygen atoms in total. The third-order valence-electron chi connectivity index (χ3n) is 1.44. The van der Waals surface area contributed by atoms with Crippen molar-refractivity contribution in [1.82, 2.24) is 0 Å². The zero-order chi connectivity index (χ0) is 8.81. The summed E-state index contributed by atoms with van der Waals surface area (Å²) in [7, 11) is 0. The molecule has 0 saturated heterocycles. The smallest absolute Gasteiger partial charge is 0.309 e. The molecule has 12 heavy (non-hydrogen) atoms. The van der Waals surface area contributed by atoms with Gasteiger partial charge in [-0.1, -0.05) is 6.08 Å². The molecule has 0 saturated carbocycles. The maximum absolute atomic E-state index is 11.0. The van der Waals surface area contributed by atoms with E-state index in [9.17, 15) is 4.79 Å². The van der Waals surface area contributed by atoms with Crippen molar-refractivity contribution in [3.63, 3.8) is 0 Å². The van der Waals surface area contributed by atoms with Crippen LogP contribution in [0.25, 0.3) is 0 Å². The Hall–Kier alpha value is -1.25. The summed E-state index contributed by atoms with van der Waals surface area (Å²) < 4.78 is 9.89. The largest absolute Gasteiger partial charge is 0.493 e. The Labute approximate surface area is 71.7 Å². The number of ether oxygens (including phenoxy) is 2. The normalized spacial score (nSPS) is 20.2. The highest BCUT2D eigenvalue weighted by atomic mass is 16.5. The van der Waals surface area contributed by atoms with Crippen molar-refractivity contribution in [2.45, 2.75) is 19.4 Å². The Balaban J connectivity index is 2.27. The summed E-state index contributed by atoms with van der Waals surface area (Å²) in [5, 5.41) is 0. The minimum atomic E-state index is -0.220. The Kier molecular flexibility index (Phi) is 3.38. The van der Waals surface area contributed by atoms with Gasteiger partial charge in [0.2, 0.25) is 0 Å². The number of hydrogen-bond donors (Lipinski definition) is 0. The fourth-order valence-electron chi connectivity index (χ4n) is 0.925. The molecule has 3 heteroatoms. The average Bonchev–Trinajstić information content (AvgIpc) is 2.06. The summed E-state index contributed by atoms with van der Waals surface area (Å²) >= 11 is 0. The van der Waals surface area contributed by atoms with Gasteiger partial charge in [0.25, 0.3) is 0 Å². The van der Waals surface area contributed by atoms with Crippen molar-refractivity contribution in [3.8, 4) is 0 Å². The summed E-state index contributed by atoms with van der Waals surface area (Å²) in [4.78, 5) is 11.0. The second-order valence-corrected chi connectivity index (χ2v) is 2.40. The summed E-state index contributed by atoms with van der Waals surface area (Å²) in [6, 6.07) is 0. The van der Waals surface area contributed by atoms with Crippen LogP contribution >= 0.6 is 0 Å². The van der Waals surface area contributed by atoms with Gasteiger partial charge in [-0.2, -0.15) is 0 Å². The summed E-state index contributed by atoms with van der Waals surface area (Å²) in [5.41, 5.74) is 0. The van der Waals surface area contributed by atoms with Crippen molar-refractivity contribution >= 4 is 5.97 Å². The fourth-order valence-corrected chi connectivity index (χ4v) is 0.925. The molecule has 0 aromatic rings. The van der Waals surface area contributed by atoms with Gasteiger partial charge >= 0.3 is 5.97 Å². The molecule has 0 aromatic heterocycles. The predicted molar refractivity (Wildman–Crippen MR) is 44.4 cm³/mol. The van der Waals surface area contributed by atoms with Crippen LogP contribution in [0.2, 0.25) is 0 Å². The van der Waals surface area contributed by atoms with Crippen molar-refractivity contribution in [2.75, 3.05) is 6.61 Å². The predicted octanol–water partition coefficient (Wildman–Crippen LogP) is 1.41. The molecule has 1 aliphatic heterocycles. The van der Waals surface area contributed by atoms with E-state index in [4.69, 9.17) is 9.47 Å². The highest BCUT2D eigenvalue weighted by molar-refractivity contribution is 5.70. The van der Waals surface area contributed by atoms with Gasteiger partial charge in [-0.05, 0) is 19.1 Å². The number of esters is 1. The first-order valence-electron chi connectivity index (χ1n) is 3.97. The van der Waals surface area contributed by atoms with Crippen molar-refractivity contribution in [3.05, 3.63) is 24.5 Å². The fraction of sp³-hybridized carbons (Fsp3) is 0.444. The molecular formula is C9H12O3. The van der Waals surface area contributed by atoms with Crippen LogP contribution in [0.3, 0.4) is 0 Å². The summed E-state index contributed by atoms with van der Waals surface area (Å²) in [5.74, 6) is -0.220. The Morgan fingerprint density at radius 1 is 1.58 bits per heavy atom. The Morgan fingerprint density at radius 3 is 3.00 bits per heavy atom. The van der Waals surface area contributed by atoms with E-state index in [1.54, 1.807) is 19.3 Å². The second kappa shape index (κ2) is 4.59. The third-order valence-corrected chi connectivity index (χ3v) is 1.44. The lowest BCUT2D eigenvalue weighted by atomic mass is 10.2. The number of carbonyl (C=O) groups excluding carboxylic acids is 1. The van der Waals surface area contributed by atoms with Crippen molar-refractivity contribution in [1.29, 1.82) is 0 Å². The van der Waals surface area contributed by atoms with E-state index in [1.807, 2.05) is 12.2 Å². The van der Waals surface area contributed by atoms with Crippen LogP contribution in [0.4, 0.5) is 0 Å². The van der Waals surface area contributed by atoms with Crippen molar-refractivity contribution in [2.24, 2.45) is 0 Å². The van der Waals surface area contributed by atoms with Gasteiger partial charge in [0.1, 0.15) is 6.10 Å². The van der Waals surface area contributed by atoms with Crippen LogP contribution in [0.15, 0.2) is 24.5 Å². The van der Waals surface area contributed by atoms with Gasteiger partial charge in [-0.25, -0.2) is 0 Å². The molecule has 0 aliphatic carbocycles. The van der Waals surface area contributed by atoms with Gasteiger partial charge in [0.05, 0.1) is 19.3 Å². The topological polar surface area (TPSA) is 35.5 Å². The molecule has 0 amide bonds. The van der Waals surface area contributed by atoms with Crippen LogP contribution in [0.1, 0.15) is 13.3 Å². The molecule has 0 N–H and O–H groups in total. The van der Waals surface area contributed by atoms with Crippen LogP contribution in [-0.2, 0) is 14.3 Å². The number of allylic oxidation sites excluding steroid dienone is 2. The van der Waals surface area contributed by atoms with E-state index in [0.29, 0.717) is 6.61 Å². The Morgan fingerprint density at radius 2 is 2.42 bits per heavy atom. The van der Waals surface area contributed by atoms with Crippen LogP contribution in [0.5, 0.6) is 0 Å². The molecule has 1 heterocycles. The van der Waals surface area contributed by atoms with Crippen LogP contribution in [-0.4, -0.2) is 18.7 Å². The van der Waals surface area contributed by atoms with E-state index >= 15 is 0 Å². The molecular weight excluding hydrogens is 156 g/mol. The highest BCUT2D eigenvalue weighted by Gasteiger charge is 2.12. The maximum Gasteiger partial charge on any atom is 0.309 e.